The fraction of sp³-hybridized carbons (Fsp3) is 0.353. The number of nitrogens with zero attached hydrogens (tertiary/aromatic N) is 3. The first kappa shape index (κ1) is 20.9. The molecule has 29 heavy (non-hydrogen) atoms. The smallest absolute Gasteiger partial charge is 0.352 e. The number of carboxylic acids is 1. The lowest BCUT2D eigenvalue weighted by Gasteiger charge is -2.49. The second kappa shape index (κ2) is 8.66. The van der Waals surface area contributed by atoms with Crippen LogP contribution in [0.2, 0.25) is 0 Å². The molecule has 1 saturated heterocycles. The number of β-lactam (4-membered cyclic amide) rings is 1. The van der Waals surface area contributed by atoms with E-state index < -0.39 is 29.2 Å². The van der Waals surface area contributed by atoms with Gasteiger partial charge in [0.2, 0.25) is 0 Å². The average molecular weight is 438 g/mol. The molecule has 3 rings (SSSR count). The Kier molecular flexibility index (Phi) is 6.23. The van der Waals surface area contributed by atoms with E-state index in [0.29, 0.717) is 11.3 Å². The zero-order chi connectivity index (χ0) is 21.1. The van der Waals surface area contributed by atoms with Crippen molar-refractivity contribution in [1.29, 1.82) is 0 Å². The van der Waals surface area contributed by atoms with Crippen LogP contribution in [-0.4, -0.2) is 62.8 Å². The van der Waals surface area contributed by atoms with Crippen LogP contribution in [0.1, 0.15) is 19.0 Å². The summed E-state index contributed by atoms with van der Waals surface area (Å²) in [6.07, 6.45) is 4.32. The number of carbonyl (C=O) groups excluding carboxylic acids is 2. The minimum Gasteiger partial charge on any atom is -0.477 e. The molecule has 0 unspecified atom stereocenters. The fourth-order valence-corrected chi connectivity index (χ4v) is 4.80. The predicted molar refractivity (Wildman–Crippen MR) is 109 cm³/mol. The van der Waals surface area contributed by atoms with Gasteiger partial charge in [-0.3, -0.25) is 14.5 Å². The Labute approximate surface area is 174 Å². The van der Waals surface area contributed by atoms with Crippen LogP contribution >= 0.6 is 23.1 Å². The summed E-state index contributed by atoms with van der Waals surface area (Å²) in [5, 5.41) is 17.2. The van der Waals surface area contributed by atoms with Crippen LogP contribution in [0.25, 0.3) is 0 Å². The summed E-state index contributed by atoms with van der Waals surface area (Å²) in [4.78, 5) is 47.0. The summed E-state index contributed by atoms with van der Waals surface area (Å²) in [6, 6.07) is -0.878. The van der Waals surface area contributed by atoms with Gasteiger partial charge in [0.05, 0.1) is 0 Å². The van der Waals surface area contributed by atoms with Gasteiger partial charge in [-0.05, 0) is 12.0 Å². The molecule has 0 aliphatic carbocycles. The van der Waals surface area contributed by atoms with E-state index in [1.807, 2.05) is 13.0 Å². The molecule has 0 aromatic carbocycles. The third-order valence-corrected chi connectivity index (χ3v) is 6.18. The summed E-state index contributed by atoms with van der Waals surface area (Å²) in [7, 11) is 1.28. The fourth-order valence-electron chi connectivity index (χ4n) is 2.93. The molecule has 4 N–H and O–H groups in total. The number of carboxylic acid groups (broad SMARTS) is 1. The largest absolute Gasteiger partial charge is 0.477 e. The number of hydrogen-bond acceptors (Lipinski definition) is 9. The van der Waals surface area contributed by atoms with Crippen LogP contribution in [0.5, 0.6) is 0 Å². The lowest BCUT2D eigenvalue weighted by atomic mass is 10.0. The van der Waals surface area contributed by atoms with Gasteiger partial charge in [-0.25, -0.2) is 9.78 Å². The maximum atomic E-state index is 12.7. The topological polar surface area (TPSA) is 147 Å². The van der Waals surface area contributed by atoms with Crippen molar-refractivity contribution < 1.29 is 24.3 Å². The minimum absolute atomic E-state index is 0.0491. The van der Waals surface area contributed by atoms with Crippen LogP contribution in [0.4, 0.5) is 5.13 Å². The summed E-state index contributed by atoms with van der Waals surface area (Å²) >= 11 is 2.52. The molecule has 0 spiro atoms. The number of anilines is 1. The Bertz CT molecular complexity index is 938. The first-order valence-electron chi connectivity index (χ1n) is 8.60. The van der Waals surface area contributed by atoms with Gasteiger partial charge in [-0.15, -0.1) is 23.1 Å². The molecule has 3 heterocycles. The highest BCUT2D eigenvalue weighted by Crippen LogP contribution is 2.40. The number of fused-ring (bicyclic) bond motifs is 1. The van der Waals surface area contributed by atoms with E-state index in [2.05, 4.69) is 15.5 Å². The normalized spacial score (nSPS) is 21.8. The summed E-state index contributed by atoms with van der Waals surface area (Å²) in [5.41, 5.74) is 6.23. The van der Waals surface area contributed by atoms with Gasteiger partial charge >= 0.3 is 5.97 Å². The number of thiazole rings is 1. The Balaban J connectivity index is 1.80. The molecule has 0 bridgehead atoms. The lowest BCUT2D eigenvalue weighted by molar-refractivity contribution is -0.150. The molecule has 0 radical (unpaired) electrons. The summed E-state index contributed by atoms with van der Waals surface area (Å²) in [5.74, 6) is -1.91. The molecule has 2 amide bonds. The van der Waals surface area contributed by atoms with Gasteiger partial charge in [-0.1, -0.05) is 24.2 Å². The van der Waals surface area contributed by atoms with Gasteiger partial charge in [-0.2, -0.15) is 0 Å². The van der Waals surface area contributed by atoms with Crippen molar-refractivity contribution in [1.82, 2.24) is 15.2 Å². The van der Waals surface area contributed by atoms with E-state index >= 15 is 0 Å². The Morgan fingerprint density at radius 1 is 1.55 bits per heavy atom. The van der Waals surface area contributed by atoms with Crippen molar-refractivity contribution in [3.8, 4) is 0 Å². The average Bonchev–Trinajstić information content (AvgIpc) is 3.13. The first-order chi connectivity index (χ1) is 13.9. The molecule has 0 saturated carbocycles. The number of carbonyl (C=O) groups is 3. The first-order valence-corrected chi connectivity index (χ1v) is 10.5. The number of nitrogen functional groups attached to an aromatic ring is 1. The van der Waals surface area contributed by atoms with E-state index in [1.54, 1.807) is 11.5 Å². The maximum absolute atomic E-state index is 12.7. The summed E-state index contributed by atoms with van der Waals surface area (Å²) < 4.78 is 0. The molecule has 1 aromatic heterocycles. The van der Waals surface area contributed by atoms with Crippen molar-refractivity contribution >= 4 is 51.7 Å². The number of oxime groups is 1. The Hall–Kier alpha value is -2.86. The van der Waals surface area contributed by atoms with Gasteiger partial charge in [0.1, 0.15) is 29.9 Å². The van der Waals surface area contributed by atoms with E-state index in [9.17, 15) is 19.5 Å². The van der Waals surface area contributed by atoms with Gasteiger partial charge in [0.25, 0.3) is 11.8 Å². The molecule has 12 heteroatoms. The van der Waals surface area contributed by atoms with E-state index in [1.165, 1.54) is 23.8 Å². The van der Waals surface area contributed by atoms with Gasteiger partial charge < -0.3 is 21.0 Å². The standard InChI is InChI=1S/C17H19N5O5S2/c1-3-4-5-8-6-28-15-11(14(24)22(15)12(8)16(25)26)20-13(23)10(21-27-2)9-7-29-17(18)19-9/h4-5,7,11,15H,3,6H2,1-2H3,(H2,18,19)(H,20,23)(H,25,26)/b5-4+,21-10-/t11-,15+/m1/s1. The number of aromatic nitrogens is 1. The number of amides is 2. The number of aliphatic carboxylic acids is 1. The van der Waals surface area contributed by atoms with Crippen molar-refractivity contribution in [2.75, 3.05) is 18.6 Å². The van der Waals surface area contributed by atoms with E-state index in [0.717, 1.165) is 17.8 Å². The second-order valence-electron chi connectivity index (χ2n) is 6.04. The minimum atomic E-state index is -1.18. The van der Waals surface area contributed by atoms with Crippen molar-refractivity contribution in [2.45, 2.75) is 24.8 Å². The predicted octanol–water partition coefficient (Wildman–Crippen LogP) is 0.781. The highest BCUT2D eigenvalue weighted by molar-refractivity contribution is 8.00. The Morgan fingerprint density at radius 2 is 2.31 bits per heavy atom. The van der Waals surface area contributed by atoms with Gasteiger partial charge in [0.15, 0.2) is 10.8 Å². The molecule has 10 nitrogen and oxygen atoms in total. The zero-order valence-corrected chi connectivity index (χ0v) is 17.2. The number of nitrogens with one attached hydrogen (secondary N) is 1. The highest BCUT2D eigenvalue weighted by atomic mass is 32.2. The summed E-state index contributed by atoms with van der Waals surface area (Å²) in [6.45, 7) is 1.94. The molecular weight excluding hydrogens is 418 g/mol. The third-order valence-electron chi connectivity index (χ3n) is 4.20. The van der Waals surface area contributed by atoms with Crippen LogP contribution in [0.3, 0.4) is 0 Å². The lowest BCUT2D eigenvalue weighted by Crippen LogP contribution is -2.71. The number of thioether (sulfide) groups is 1. The van der Waals surface area contributed by atoms with Gasteiger partial charge in [0, 0.05) is 11.1 Å². The van der Waals surface area contributed by atoms with Crippen LogP contribution in [0.15, 0.2) is 34.0 Å². The van der Waals surface area contributed by atoms with Crippen LogP contribution in [0, 0.1) is 0 Å². The quantitative estimate of drug-likeness (QED) is 0.322. The van der Waals surface area contributed by atoms with Crippen LogP contribution < -0.4 is 11.1 Å². The molecule has 1 fully saturated rings. The molecular formula is C17H19N5O5S2. The molecule has 1 aromatic rings. The number of allylic oxidation sites excluding steroid dienone is 2. The number of nitrogens with two attached hydrogens (primary N) is 1. The molecule has 154 valence electrons. The van der Waals surface area contributed by atoms with Crippen molar-refractivity contribution in [2.24, 2.45) is 5.16 Å². The van der Waals surface area contributed by atoms with Crippen molar-refractivity contribution in [3.63, 3.8) is 0 Å². The van der Waals surface area contributed by atoms with Crippen molar-refractivity contribution in [3.05, 3.63) is 34.5 Å². The molecule has 2 aliphatic rings. The monoisotopic (exact) mass is 437 g/mol. The van der Waals surface area contributed by atoms with Crippen LogP contribution in [-0.2, 0) is 19.2 Å². The third kappa shape index (κ3) is 3.98. The number of hydrogen-bond donors (Lipinski definition) is 3. The second-order valence-corrected chi connectivity index (χ2v) is 8.04. The SMILES string of the molecule is CC/C=C/C1=C(C(=O)O)N2C(=O)[C@@H](NC(=O)/C(=N\OC)c3csc(N)n3)[C@@H]2SC1. The highest BCUT2D eigenvalue weighted by Gasteiger charge is 2.54. The number of rotatable bonds is 7. The van der Waals surface area contributed by atoms with E-state index in [4.69, 9.17) is 10.6 Å². The zero-order valence-electron chi connectivity index (χ0n) is 15.6. The van der Waals surface area contributed by atoms with E-state index in [-0.39, 0.29) is 22.2 Å². The molecule has 2 atom stereocenters. The molecule has 2 aliphatic heterocycles. The maximum Gasteiger partial charge on any atom is 0.352 e. The Morgan fingerprint density at radius 3 is 2.90 bits per heavy atom.